The first-order valence-electron chi connectivity index (χ1n) is 8.42. The van der Waals surface area contributed by atoms with Gasteiger partial charge in [-0.15, -0.1) is 0 Å². The Bertz CT molecular complexity index is 1160. The second-order valence-corrected chi connectivity index (χ2v) is 8.59. The third-order valence-electron chi connectivity index (χ3n) is 3.85. The predicted octanol–water partition coefficient (Wildman–Crippen LogP) is 4.47. The number of hydrogen-bond acceptors (Lipinski definition) is 3. The van der Waals surface area contributed by atoms with E-state index < -0.39 is 10.0 Å². The Labute approximate surface area is 173 Å². The maximum atomic E-state index is 12.3. The fourth-order valence-electron chi connectivity index (χ4n) is 2.33. The Morgan fingerprint density at radius 3 is 2.32 bits per heavy atom. The van der Waals surface area contributed by atoms with Crippen LogP contribution < -0.4 is 4.83 Å². The van der Waals surface area contributed by atoms with Crippen LogP contribution in [0.25, 0.3) is 0 Å². The van der Waals surface area contributed by atoms with Crippen LogP contribution in [-0.4, -0.2) is 14.6 Å². The summed E-state index contributed by atoms with van der Waals surface area (Å²) in [6.07, 6.45) is 1.46. The van der Waals surface area contributed by atoms with Crippen LogP contribution in [0.4, 0.5) is 0 Å². The Morgan fingerprint density at radius 2 is 1.61 bits per heavy atom. The standard InChI is InChI=1S/C22H17BrN2O2S/c1-17-6-14-22(15-7-17)28(26,27)25-24-16-20-5-3-2-4-19(20)11-8-18-9-12-21(23)13-10-18/h2-7,9-10,12-16,25H,1H3/b24-16+. The molecule has 0 radical (unpaired) electrons. The van der Waals surface area contributed by atoms with E-state index in [9.17, 15) is 8.42 Å². The molecule has 6 heteroatoms. The van der Waals surface area contributed by atoms with Crippen molar-refractivity contribution in [1.29, 1.82) is 0 Å². The molecular formula is C22H17BrN2O2S. The van der Waals surface area contributed by atoms with E-state index in [2.05, 4.69) is 37.7 Å². The normalized spacial score (nSPS) is 11.1. The van der Waals surface area contributed by atoms with Crippen LogP contribution in [0.1, 0.15) is 22.3 Å². The summed E-state index contributed by atoms with van der Waals surface area (Å²) >= 11 is 3.40. The van der Waals surface area contributed by atoms with Gasteiger partial charge in [0.1, 0.15) is 0 Å². The van der Waals surface area contributed by atoms with E-state index in [1.807, 2.05) is 55.5 Å². The Hall–Kier alpha value is -2.88. The number of hydrazone groups is 1. The number of sulfonamides is 1. The van der Waals surface area contributed by atoms with Crippen molar-refractivity contribution in [2.45, 2.75) is 11.8 Å². The van der Waals surface area contributed by atoms with Gasteiger partial charge in [0, 0.05) is 21.2 Å². The summed E-state index contributed by atoms with van der Waals surface area (Å²) in [6.45, 7) is 1.90. The highest BCUT2D eigenvalue weighted by molar-refractivity contribution is 9.10. The summed E-state index contributed by atoms with van der Waals surface area (Å²) in [5.41, 5.74) is 3.35. The van der Waals surface area contributed by atoms with E-state index in [4.69, 9.17) is 0 Å². The quantitative estimate of drug-likeness (QED) is 0.360. The lowest BCUT2D eigenvalue weighted by Gasteiger charge is -2.04. The van der Waals surface area contributed by atoms with E-state index in [1.165, 1.54) is 6.21 Å². The topological polar surface area (TPSA) is 58.5 Å². The SMILES string of the molecule is Cc1ccc(S(=O)(=O)N/N=C/c2ccccc2C#Cc2ccc(Br)cc2)cc1. The lowest BCUT2D eigenvalue weighted by molar-refractivity contribution is 0.584. The first-order chi connectivity index (χ1) is 13.4. The van der Waals surface area contributed by atoms with Gasteiger partial charge in [0.05, 0.1) is 11.1 Å². The molecular weight excluding hydrogens is 436 g/mol. The van der Waals surface area contributed by atoms with Crippen molar-refractivity contribution in [2.24, 2.45) is 5.10 Å². The van der Waals surface area contributed by atoms with Crippen molar-refractivity contribution in [3.63, 3.8) is 0 Å². The Morgan fingerprint density at radius 1 is 0.929 bits per heavy atom. The number of aryl methyl sites for hydroxylation is 1. The minimum atomic E-state index is -3.71. The smallest absolute Gasteiger partial charge is 0.200 e. The van der Waals surface area contributed by atoms with Gasteiger partial charge in [-0.2, -0.15) is 13.5 Å². The number of nitrogens with one attached hydrogen (secondary N) is 1. The molecule has 3 aromatic rings. The lowest BCUT2D eigenvalue weighted by Crippen LogP contribution is -2.18. The molecule has 0 aliphatic heterocycles. The maximum Gasteiger partial charge on any atom is 0.276 e. The zero-order chi connectivity index (χ0) is 20.0. The van der Waals surface area contributed by atoms with Crippen molar-refractivity contribution in [3.8, 4) is 11.8 Å². The minimum Gasteiger partial charge on any atom is -0.200 e. The van der Waals surface area contributed by atoms with Crippen LogP contribution in [0.2, 0.25) is 0 Å². The van der Waals surface area contributed by atoms with Gasteiger partial charge >= 0.3 is 0 Å². The van der Waals surface area contributed by atoms with Crippen LogP contribution in [0, 0.1) is 18.8 Å². The maximum absolute atomic E-state index is 12.3. The minimum absolute atomic E-state index is 0.165. The largest absolute Gasteiger partial charge is 0.276 e. The van der Waals surface area contributed by atoms with Crippen LogP contribution in [-0.2, 0) is 10.0 Å². The second-order valence-electron chi connectivity index (χ2n) is 6.01. The average Bonchev–Trinajstić information content (AvgIpc) is 2.69. The van der Waals surface area contributed by atoms with Gasteiger partial charge in [0.25, 0.3) is 10.0 Å². The number of rotatable bonds is 4. The van der Waals surface area contributed by atoms with Gasteiger partial charge in [-0.25, -0.2) is 4.83 Å². The highest BCUT2D eigenvalue weighted by atomic mass is 79.9. The Kier molecular flexibility index (Phi) is 6.30. The molecule has 0 aliphatic rings. The van der Waals surface area contributed by atoms with Gasteiger partial charge in [0.15, 0.2) is 0 Å². The van der Waals surface area contributed by atoms with Gasteiger partial charge in [0.2, 0.25) is 0 Å². The molecule has 140 valence electrons. The fraction of sp³-hybridized carbons (Fsp3) is 0.0455. The first kappa shape index (κ1) is 19.9. The van der Waals surface area contributed by atoms with Gasteiger partial charge in [-0.3, -0.25) is 0 Å². The van der Waals surface area contributed by atoms with E-state index in [0.717, 1.165) is 26.7 Å². The molecule has 1 N–H and O–H groups in total. The van der Waals surface area contributed by atoms with E-state index in [-0.39, 0.29) is 4.90 Å². The van der Waals surface area contributed by atoms with Crippen molar-refractivity contribution in [3.05, 3.63) is 99.5 Å². The number of hydrogen-bond donors (Lipinski definition) is 1. The zero-order valence-corrected chi connectivity index (χ0v) is 17.5. The van der Waals surface area contributed by atoms with Gasteiger partial charge in [-0.1, -0.05) is 63.7 Å². The van der Waals surface area contributed by atoms with E-state index >= 15 is 0 Å². The van der Waals surface area contributed by atoms with Crippen LogP contribution >= 0.6 is 15.9 Å². The molecule has 0 bridgehead atoms. The molecule has 0 aromatic heterocycles. The summed E-state index contributed by atoms with van der Waals surface area (Å²) < 4.78 is 25.6. The van der Waals surface area contributed by atoms with Crippen molar-refractivity contribution < 1.29 is 8.42 Å². The molecule has 0 saturated carbocycles. The second kappa shape index (κ2) is 8.87. The van der Waals surface area contributed by atoms with Crippen LogP contribution in [0.15, 0.2) is 87.3 Å². The molecule has 0 saturated heterocycles. The van der Waals surface area contributed by atoms with Crippen LogP contribution in [0.3, 0.4) is 0 Å². The molecule has 3 aromatic carbocycles. The van der Waals surface area contributed by atoms with E-state index in [1.54, 1.807) is 24.3 Å². The monoisotopic (exact) mass is 452 g/mol. The molecule has 0 spiro atoms. The van der Waals surface area contributed by atoms with E-state index in [0.29, 0.717) is 0 Å². The van der Waals surface area contributed by atoms with Crippen molar-refractivity contribution in [1.82, 2.24) is 4.83 Å². The summed E-state index contributed by atoms with van der Waals surface area (Å²) in [7, 11) is -3.71. The van der Waals surface area contributed by atoms with Gasteiger partial charge < -0.3 is 0 Å². The third kappa shape index (κ3) is 5.32. The molecule has 3 rings (SSSR count). The lowest BCUT2D eigenvalue weighted by atomic mass is 10.1. The molecule has 0 fully saturated rings. The highest BCUT2D eigenvalue weighted by Gasteiger charge is 2.11. The predicted molar refractivity (Wildman–Crippen MR) is 116 cm³/mol. The van der Waals surface area contributed by atoms with Crippen molar-refractivity contribution >= 4 is 32.2 Å². The highest BCUT2D eigenvalue weighted by Crippen LogP contribution is 2.11. The molecule has 0 amide bonds. The average molecular weight is 453 g/mol. The van der Waals surface area contributed by atoms with Gasteiger partial charge in [-0.05, 0) is 49.4 Å². The number of nitrogens with zero attached hydrogens (tertiary/aromatic N) is 1. The van der Waals surface area contributed by atoms with Crippen molar-refractivity contribution in [2.75, 3.05) is 0 Å². The zero-order valence-electron chi connectivity index (χ0n) is 15.1. The molecule has 0 atom stereocenters. The fourth-order valence-corrected chi connectivity index (χ4v) is 3.39. The molecule has 4 nitrogen and oxygen atoms in total. The molecule has 28 heavy (non-hydrogen) atoms. The third-order valence-corrected chi connectivity index (χ3v) is 5.62. The number of benzene rings is 3. The summed E-state index contributed by atoms with van der Waals surface area (Å²) in [6, 6.07) is 21.7. The Balaban J connectivity index is 1.78. The molecule has 0 heterocycles. The molecule has 0 aliphatic carbocycles. The summed E-state index contributed by atoms with van der Waals surface area (Å²) in [5, 5.41) is 3.90. The van der Waals surface area contributed by atoms with Crippen LogP contribution in [0.5, 0.6) is 0 Å². The first-order valence-corrected chi connectivity index (χ1v) is 10.7. The summed E-state index contributed by atoms with van der Waals surface area (Å²) in [4.78, 5) is 2.40. The molecule has 0 unspecified atom stereocenters. The summed E-state index contributed by atoms with van der Waals surface area (Å²) in [5.74, 6) is 6.20. The number of halogens is 1.